The third kappa shape index (κ3) is 1.87. The van der Waals surface area contributed by atoms with Crippen LogP contribution in [0.15, 0.2) is 29.4 Å². The predicted molar refractivity (Wildman–Crippen MR) is 95.6 cm³/mol. The van der Waals surface area contributed by atoms with Crippen LogP contribution in [0.1, 0.15) is 33.6 Å². The number of carbonyl (C=O) groups is 2. The van der Waals surface area contributed by atoms with E-state index in [2.05, 4.69) is 33.1 Å². The van der Waals surface area contributed by atoms with Crippen molar-refractivity contribution in [3.63, 3.8) is 0 Å². The molecule has 1 aromatic rings. The molecule has 1 amide bonds. The second kappa shape index (κ2) is 5.03. The molecule has 0 spiro atoms. The van der Waals surface area contributed by atoms with Crippen molar-refractivity contribution in [1.29, 1.82) is 0 Å². The summed E-state index contributed by atoms with van der Waals surface area (Å²) in [4.78, 5) is 25.9. The van der Waals surface area contributed by atoms with Gasteiger partial charge in [-0.25, -0.2) is 0 Å². The van der Waals surface area contributed by atoms with Crippen molar-refractivity contribution in [3.05, 3.63) is 27.8 Å². The number of nitrogens with zero attached hydrogens (tertiary/aromatic N) is 1. The summed E-state index contributed by atoms with van der Waals surface area (Å²) in [6, 6.07) is 7.43. The first kappa shape index (κ1) is 16.4. The van der Waals surface area contributed by atoms with Gasteiger partial charge in [-0.3, -0.25) is 9.59 Å². The third-order valence-corrected chi connectivity index (χ3v) is 6.88. The highest BCUT2D eigenvalue weighted by atomic mass is 127. The molecule has 2 atom stereocenters. The summed E-state index contributed by atoms with van der Waals surface area (Å²) >= 11 is 2.19. The van der Waals surface area contributed by atoms with Crippen LogP contribution in [0.4, 0.5) is 5.69 Å². The minimum atomic E-state index is -1.17. The number of carbonyl (C=O) groups excluding carboxylic acids is 2. The van der Waals surface area contributed by atoms with E-state index >= 15 is 0 Å². The fourth-order valence-corrected chi connectivity index (χ4v) is 4.58. The molecule has 2 saturated carbocycles. The molecular formula is C17H19IN2O3. The second-order valence-electron chi connectivity index (χ2n) is 7.10. The molecule has 3 rings (SSSR count). The lowest BCUT2D eigenvalue weighted by molar-refractivity contribution is -0.140. The number of Topliss-reactive ketones (excluding diaryl/α,β-unsaturated/α-hetero) is 1. The molecule has 122 valence electrons. The number of ketones is 1. The van der Waals surface area contributed by atoms with Gasteiger partial charge in [0.2, 0.25) is 5.91 Å². The Kier molecular flexibility index (Phi) is 3.59. The SMILES string of the molecule is CC12CCC(C(=O)Nc3ccc(I)cc3)(C(=O)C1=NO)C2(C)C. The molecule has 6 heteroatoms. The van der Waals surface area contributed by atoms with E-state index in [0.717, 1.165) is 3.57 Å². The molecule has 0 aromatic heterocycles. The lowest BCUT2D eigenvalue weighted by Gasteiger charge is -2.37. The fourth-order valence-electron chi connectivity index (χ4n) is 4.23. The number of anilines is 1. The molecule has 23 heavy (non-hydrogen) atoms. The van der Waals surface area contributed by atoms with Crippen LogP contribution >= 0.6 is 22.6 Å². The molecular weight excluding hydrogens is 407 g/mol. The Labute approximate surface area is 148 Å². The maximum atomic E-state index is 13.0. The zero-order valence-corrected chi connectivity index (χ0v) is 15.5. The Morgan fingerprint density at radius 3 is 2.35 bits per heavy atom. The number of benzene rings is 1. The summed E-state index contributed by atoms with van der Waals surface area (Å²) in [5.74, 6) is -0.655. The van der Waals surface area contributed by atoms with Gasteiger partial charge in [0.25, 0.3) is 0 Å². The van der Waals surface area contributed by atoms with Gasteiger partial charge in [-0.2, -0.15) is 0 Å². The van der Waals surface area contributed by atoms with E-state index in [1.165, 1.54) is 0 Å². The molecule has 0 aliphatic heterocycles. The number of hydrogen-bond donors (Lipinski definition) is 2. The van der Waals surface area contributed by atoms with Gasteiger partial charge in [-0.1, -0.05) is 25.9 Å². The van der Waals surface area contributed by atoms with Crippen LogP contribution in [0, 0.1) is 19.8 Å². The van der Waals surface area contributed by atoms with E-state index in [9.17, 15) is 14.8 Å². The van der Waals surface area contributed by atoms with Gasteiger partial charge in [-0.05, 0) is 65.1 Å². The first-order valence-corrected chi connectivity index (χ1v) is 8.63. The van der Waals surface area contributed by atoms with Gasteiger partial charge >= 0.3 is 0 Å². The minimum Gasteiger partial charge on any atom is -0.411 e. The van der Waals surface area contributed by atoms with Crippen LogP contribution in [0.5, 0.6) is 0 Å². The zero-order chi connectivity index (χ0) is 17.0. The van der Waals surface area contributed by atoms with Crippen LogP contribution in [0.3, 0.4) is 0 Å². The molecule has 2 aliphatic carbocycles. The quantitative estimate of drug-likeness (QED) is 0.329. The van der Waals surface area contributed by atoms with Crippen molar-refractivity contribution in [3.8, 4) is 0 Å². The number of oxime groups is 1. The van der Waals surface area contributed by atoms with Gasteiger partial charge in [0.05, 0.1) is 0 Å². The molecule has 1 aromatic carbocycles. The average Bonchev–Trinajstić information content (AvgIpc) is 2.77. The highest BCUT2D eigenvalue weighted by Crippen LogP contribution is 2.69. The smallest absolute Gasteiger partial charge is 0.239 e. The van der Waals surface area contributed by atoms with Crippen molar-refractivity contribution in [2.45, 2.75) is 33.6 Å². The highest BCUT2D eigenvalue weighted by Gasteiger charge is 2.76. The first-order chi connectivity index (χ1) is 10.7. The summed E-state index contributed by atoms with van der Waals surface area (Å²) in [6.07, 6.45) is 1.13. The van der Waals surface area contributed by atoms with Gasteiger partial charge in [-0.15, -0.1) is 0 Å². The zero-order valence-electron chi connectivity index (χ0n) is 13.3. The number of halogens is 1. The monoisotopic (exact) mass is 426 g/mol. The van der Waals surface area contributed by atoms with Crippen molar-refractivity contribution in [1.82, 2.24) is 0 Å². The van der Waals surface area contributed by atoms with Gasteiger partial charge < -0.3 is 10.5 Å². The van der Waals surface area contributed by atoms with Gasteiger partial charge in [0.1, 0.15) is 11.1 Å². The van der Waals surface area contributed by atoms with Crippen molar-refractivity contribution in [2.24, 2.45) is 21.4 Å². The molecule has 2 bridgehead atoms. The van der Waals surface area contributed by atoms with Crippen molar-refractivity contribution in [2.75, 3.05) is 5.32 Å². The number of rotatable bonds is 2. The normalized spacial score (nSPS) is 33.2. The van der Waals surface area contributed by atoms with E-state index < -0.39 is 16.2 Å². The van der Waals surface area contributed by atoms with Crippen LogP contribution < -0.4 is 5.32 Å². The Hall–Kier alpha value is -1.44. The van der Waals surface area contributed by atoms with E-state index in [1.54, 1.807) is 0 Å². The molecule has 2 N–H and O–H groups in total. The Morgan fingerprint density at radius 1 is 1.22 bits per heavy atom. The molecule has 0 saturated heterocycles. The van der Waals surface area contributed by atoms with Crippen molar-refractivity contribution >= 4 is 45.7 Å². The van der Waals surface area contributed by atoms with Gasteiger partial charge in [0, 0.05) is 14.7 Å². The standard InChI is InChI=1S/C17H19IN2O3/c1-15(2)16(3)8-9-17(15,13(21)12(16)20-23)14(22)19-11-6-4-10(18)5-7-11/h4-7,23H,8-9H2,1-3H3,(H,19,22). The minimum absolute atomic E-state index is 0.131. The number of amides is 1. The Morgan fingerprint density at radius 2 is 1.83 bits per heavy atom. The fraction of sp³-hybridized carbons (Fsp3) is 0.471. The number of fused-ring (bicyclic) bond motifs is 2. The van der Waals surface area contributed by atoms with Crippen LogP contribution in [-0.2, 0) is 9.59 Å². The summed E-state index contributed by atoms with van der Waals surface area (Å²) in [7, 11) is 0. The van der Waals surface area contributed by atoms with E-state index in [4.69, 9.17) is 0 Å². The molecule has 2 aliphatic rings. The maximum absolute atomic E-state index is 13.0. The van der Waals surface area contributed by atoms with Crippen molar-refractivity contribution < 1.29 is 14.8 Å². The van der Waals surface area contributed by atoms with E-state index in [0.29, 0.717) is 18.5 Å². The molecule has 2 fully saturated rings. The summed E-state index contributed by atoms with van der Waals surface area (Å²) in [5.41, 5.74) is -1.57. The molecule has 0 radical (unpaired) electrons. The third-order valence-electron chi connectivity index (χ3n) is 6.16. The summed E-state index contributed by atoms with van der Waals surface area (Å²) in [6.45, 7) is 5.75. The van der Waals surface area contributed by atoms with Crippen LogP contribution in [-0.4, -0.2) is 22.6 Å². The van der Waals surface area contributed by atoms with E-state index in [-0.39, 0.29) is 17.4 Å². The first-order valence-electron chi connectivity index (χ1n) is 7.55. The lowest BCUT2D eigenvalue weighted by atomic mass is 9.64. The topological polar surface area (TPSA) is 78.8 Å². The van der Waals surface area contributed by atoms with E-state index in [1.807, 2.05) is 45.0 Å². The Bertz CT molecular complexity index is 726. The molecule has 0 heterocycles. The Balaban J connectivity index is 2.02. The second-order valence-corrected chi connectivity index (χ2v) is 8.35. The lowest BCUT2D eigenvalue weighted by Crippen LogP contribution is -2.47. The number of nitrogens with one attached hydrogen (secondary N) is 1. The summed E-state index contributed by atoms with van der Waals surface area (Å²) < 4.78 is 1.07. The predicted octanol–water partition coefficient (Wildman–Crippen LogP) is 3.46. The van der Waals surface area contributed by atoms with Gasteiger partial charge in [0.15, 0.2) is 5.78 Å². The van der Waals surface area contributed by atoms with Crippen LogP contribution in [0.2, 0.25) is 0 Å². The molecule has 2 unspecified atom stereocenters. The largest absolute Gasteiger partial charge is 0.411 e. The van der Waals surface area contributed by atoms with Crippen LogP contribution in [0.25, 0.3) is 0 Å². The molecule has 5 nitrogen and oxygen atoms in total. The maximum Gasteiger partial charge on any atom is 0.239 e. The number of hydrogen-bond acceptors (Lipinski definition) is 4. The summed E-state index contributed by atoms with van der Waals surface area (Å²) in [5, 5.41) is 15.4. The highest BCUT2D eigenvalue weighted by molar-refractivity contribution is 14.1. The average molecular weight is 426 g/mol.